The molecule has 6 nitrogen and oxygen atoms in total. The molecule has 0 aliphatic carbocycles. The van der Waals surface area contributed by atoms with Gasteiger partial charge in [-0.1, -0.05) is 36.4 Å². The van der Waals surface area contributed by atoms with Crippen molar-refractivity contribution in [3.05, 3.63) is 54.1 Å². The van der Waals surface area contributed by atoms with Crippen molar-refractivity contribution in [3.63, 3.8) is 0 Å². The maximum absolute atomic E-state index is 11.4. The Balaban J connectivity index is 2.59. The molecule has 20 heavy (non-hydrogen) atoms. The van der Waals surface area contributed by atoms with Crippen LogP contribution in [0.15, 0.2) is 48.5 Å². The Hall–Kier alpha value is -2.14. The van der Waals surface area contributed by atoms with Gasteiger partial charge in [-0.15, -0.1) is 0 Å². The molecule has 0 fully saturated rings. The Kier molecular flexibility index (Phi) is 3.90. The fourth-order valence-electron chi connectivity index (χ4n) is 1.83. The maximum Gasteiger partial charge on any atom is 0.524 e. The topological polar surface area (TPSA) is 110 Å². The molecule has 0 aliphatic heterocycles. The van der Waals surface area contributed by atoms with Crippen LogP contribution < -0.4 is 10.3 Å². The van der Waals surface area contributed by atoms with Gasteiger partial charge in [-0.05, 0) is 17.7 Å². The molecule has 7 heteroatoms. The lowest BCUT2D eigenvalue weighted by atomic mass is 9.98. The summed E-state index contributed by atoms with van der Waals surface area (Å²) in [5.74, 6) is -0.652. The van der Waals surface area contributed by atoms with Gasteiger partial charge in [0, 0.05) is 11.1 Å². The van der Waals surface area contributed by atoms with Crippen LogP contribution in [-0.2, 0) is 4.57 Å². The zero-order chi connectivity index (χ0) is 14.8. The second-order valence-electron chi connectivity index (χ2n) is 3.99. The summed E-state index contributed by atoms with van der Waals surface area (Å²) in [6.07, 6.45) is 0. The van der Waals surface area contributed by atoms with Gasteiger partial charge in [-0.25, -0.2) is 4.57 Å². The van der Waals surface area contributed by atoms with Crippen molar-refractivity contribution in [3.8, 4) is 16.9 Å². The average Bonchev–Trinajstić information content (AvgIpc) is 2.37. The molecular formula is C13H12NO5P. The van der Waals surface area contributed by atoms with Crippen molar-refractivity contribution in [1.82, 2.24) is 0 Å². The second-order valence-corrected chi connectivity index (χ2v) is 5.15. The first-order valence-corrected chi connectivity index (χ1v) is 7.15. The molecule has 2 aromatic carbocycles. The molecule has 0 heterocycles. The van der Waals surface area contributed by atoms with Crippen LogP contribution in [0.3, 0.4) is 0 Å². The van der Waals surface area contributed by atoms with Crippen molar-refractivity contribution in [2.75, 3.05) is 0 Å². The van der Waals surface area contributed by atoms with Gasteiger partial charge >= 0.3 is 7.82 Å². The van der Waals surface area contributed by atoms with E-state index in [4.69, 9.17) is 15.5 Å². The van der Waals surface area contributed by atoms with E-state index >= 15 is 0 Å². The van der Waals surface area contributed by atoms with Gasteiger partial charge in [0.25, 0.3) is 0 Å². The molecular weight excluding hydrogens is 281 g/mol. The van der Waals surface area contributed by atoms with E-state index in [1.165, 1.54) is 12.1 Å². The largest absolute Gasteiger partial charge is 0.524 e. The van der Waals surface area contributed by atoms with E-state index in [0.717, 1.165) is 0 Å². The van der Waals surface area contributed by atoms with Gasteiger partial charge in [0.15, 0.2) is 0 Å². The number of phosphoric ester groups is 1. The summed E-state index contributed by atoms with van der Waals surface area (Å²) in [6, 6.07) is 12.7. The zero-order valence-electron chi connectivity index (χ0n) is 10.3. The molecule has 0 saturated heterocycles. The maximum atomic E-state index is 11.4. The first-order valence-electron chi connectivity index (χ1n) is 5.62. The van der Waals surface area contributed by atoms with Crippen molar-refractivity contribution < 1.29 is 23.7 Å². The molecule has 0 radical (unpaired) electrons. The molecule has 0 aliphatic rings. The number of benzene rings is 2. The van der Waals surface area contributed by atoms with Crippen LogP contribution in [0, 0.1) is 0 Å². The minimum Gasteiger partial charge on any atom is -0.404 e. The number of phosphoric acid groups is 1. The fourth-order valence-corrected chi connectivity index (χ4v) is 2.25. The Labute approximate surface area is 115 Å². The minimum absolute atomic E-state index is 0.0190. The van der Waals surface area contributed by atoms with E-state index in [1.807, 2.05) is 0 Å². The SMILES string of the molecule is NC(=O)c1ccccc1-c1ccccc1OP(=O)(O)O. The van der Waals surface area contributed by atoms with Crippen LogP contribution in [0.2, 0.25) is 0 Å². The van der Waals surface area contributed by atoms with Crippen molar-refractivity contribution in [2.24, 2.45) is 5.73 Å². The zero-order valence-corrected chi connectivity index (χ0v) is 11.2. The van der Waals surface area contributed by atoms with Crippen LogP contribution in [0.4, 0.5) is 0 Å². The van der Waals surface area contributed by atoms with Crippen LogP contribution in [0.1, 0.15) is 10.4 Å². The van der Waals surface area contributed by atoms with E-state index in [9.17, 15) is 9.36 Å². The van der Waals surface area contributed by atoms with Crippen molar-refractivity contribution in [2.45, 2.75) is 0 Å². The Morgan fingerprint density at radius 2 is 1.55 bits per heavy atom. The normalized spacial score (nSPS) is 11.1. The molecule has 1 amide bonds. The molecule has 0 bridgehead atoms. The summed E-state index contributed by atoms with van der Waals surface area (Å²) in [7, 11) is -4.69. The highest BCUT2D eigenvalue weighted by Crippen LogP contribution is 2.42. The lowest BCUT2D eigenvalue weighted by molar-refractivity contribution is 0.100. The number of hydrogen-bond acceptors (Lipinski definition) is 3. The summed E-state index contributed by atoms with van der Waals surface area (Å²) in [5.41, 5.74) is 6.37. The van der Waals surface area contributed by atoms with Gasteiger partial charge < -0.3 is 10.3 Å². The standard InChI is InChI=1S/C13H12NO5P/c14-13(15)11-7-2-1-5-9(11)10-6-3-4-8-12(10)19-20(16,17)18/h1-8H,(H2,14,15)(H2,16,17,18). The van der Waals surface area contributed by atoms with Crippen molar-refractivity contribution >= 4 is 13.7 Å². The van der Waals surface area contributed by atoms with E-state index in [2.05, 4.69) is 4.52 Å². The van der Waals surface area contributed by atoms with Gasteiger partial charge in [-0.3, -0.25) is 14.6 Å². The van der Waals surface area contributed by atoms with Gasteiger partial charge in [-0.2, -0.15) is 0 Å². The number of hydrogen-bond donors (Lipinski definition) is 3. The molecule has 4 N–H and O–H groups in total. The van der Waals surface area contributed by atoms with Crippen molar-refractivity contribution in [1.29, 1.82) is 0 Å². The van der Waals surface area contributed by atoms with Gasteiger partial charge in [0.05, 0.1) is 0 Å². The third-order valence-electron chi connectivity index (χ3n) is 2.59. The molecule has 0 saturated carbocycles. The summed E-state index contributed by atoms with van der Waals surface area (Å²) < 4.78 is 15.6. The Morgan fingerprint density at radius 3 is 2.15 bits per heavy atom. The lowest BCUT2D eigenvalue weighted by Gasteiger charge is -2.13. The first-order chi connectivity index (χ1) is 9.38. The number of primary amides is 1. The smallest absolute Gasteiger partial charge is 0.404 e. The van der Waals surface area contributed by atoms with E-state index in [-0.39, 0.29) is 11.3 Å². The summed E-state index contributed by atoms with van der Waals surface area (Å²) in [5, 5.41) is 0. The molecule has 0 atom stereocenters. The average molecular weight is 293 g/mol. The molecule has 104 valence electrons. The third-order valence-corrected chi connectivity index (χ3v) is 3.02. The molecule has 2 rings (SSSR count). The first kappa shape index (κ1) is 14.3. The fraction of sp³-hybridized carbons (Fsp3) is 0. The summed E-state index contributed by atoms with van der Waals surface area (Å²) >= 11 is 0. The predicted octanol–water partition coefficient (Wildman–Crippen LogP) is 1.92. The quantitative estimate of drug-likeness (QED) is 0.746. The van der Waals surface area contributed by atoms with Crippen LogP contribution >= 0.6 is 7.82 Å². The van der Waals surface area contributed by atoms with Gasteiger partial charge in [0.2, 0.25) is 5.91 Å². The molecule has 0 unspecified atom stereocenters. The van der Waals surface area contributed by atoms with E-state index in [0.29, 0.717) is 11.1 Å². The highest BCUT2D eigenvalue weighted by molar-refractivity contribution is 7.46. The number of nitrogens with two attached hydrogens (primary N) is 1. The van der Waals surface area contributed by atoms with Crippen LogP contribution in [0.25, 0.3) is 11.1 Å². The number of carbonyl (C=O) groups excluding carboxylic acids is 1. The molecule has 0 spiro atoms. The second kappa shape index (κ2) is 5.46. The Bertz CT molecular complexity index is 695. The minimum atomic E-state index is -4.69. The van der Waals surface area contributed by atoms with E-state index < -0.39 is 13.7 Å². The molecule has 0 aromatic heterocycles. The number of rotatable bonds is 4. The third kappa shape index (κ3) is 3.24. The van der Waals surface area contributed by atoms with Crippen LogP contribution in [-0.4, -0.2) is 15.7 Å². The van der Waals surface area contributed by atoms with Gasteiger partial charge in [0.1, 0.15) is 5.75 Å². The number of carbonyl (C=O) groups is 1. The predicted molar refractivity (Wildman–Crippen MR) is 73.1 cm³/mol. The monoisotopic (exact) mass is 293 g/mol. The highest BCUT2D eigenvalue weighted by Gasteiger charge is 2.20. The number of para-hydroxylation sites is 1. The van der Waals surface area contributed by atoms with E-state index in [1.54, 1.807) is 36.4 Å². The summed E-state index contributed by atoms with van der Waals surface area (Å²) in [6.45, 7) is 0. The highest BCUT2D eigenvalue weighted by atomic mass is 31.2. The lowest BCUT2D eigenvalue weighted by Crippen LogP contribution is -2.12. The molecule has 2 aromatic rings. The number of amides is 1. The Morgan fingerprint density at radius 1 is 1.00 bits per heavy atom. The summed E-state index contributed by atoms with van der Waals surface area (Å²) in [4.78, 5) is 29.3. The van der Waals surface area contributed by atoms with Crippen LogP contribution in [0.5, 0.6) is 5.75 Å².